The van der Waals surface area contributed by atoms with E-state index in [0.717, 1.165) is 13.0 Å². The highest BCUT2D eigenvalue weighted by atomic mass is 16.5. The minimum absolute atomic E-state index is 0.200. The third-order valence-corrected chi connectivity index (χ3v) is 2.35. The van der Waals surface area contributed by atoms with Crippen molar-refractivity contribution >= 4 is 5.91 Å². The number of amides is 1. The second kappa shape index (κ2) is 5.19. The van der Waals surface area contributed by atoms with Crippen molar-refractivity contribution in [2.75, 3.05) is 26.3 Å². The van der Waals surface area contributed by atoms with Gasteiger partial charge in [0.1, 0.15) is 0 Å². The second-order valence-electron chi connectivity index (χ2n) is 3.25. The molecule has 1 fully saturated rings. The summed E-state index contributed by atoms with van der Waals surface area (Å²) in [6.07, 6.45) is 1.41. The van der Waals surface area contributed by atoms with E-state index in [1.54, 1.807) is 0 Å². The van der Waals surface area contributed by atoms with Gasteiger partial charge in [-0.3, -0.25) is 4.79 Å². The summed E-state index contributed by atoms with van der Waals surface area (Å²) in [5.74, 6) is 0.210. The van der Waals surface area contributed by atoms with Crippen molar-refractivity contribution in [3.63, 3.8) is 0 Å². The maximum absolute atomic E-state index is 11.5. The van der Waals surface area contributed by atoms with E-state index in [4.69, 9.17) is 10.5 Å². The molecule has 2 N–H and O–H groups in total. The third-order valence-electron chi connectivity index (χ3n) is 2.35. The number of carbonyl (C=O) groups excluding carboxylic acids is 1. The number of morpholine rings is 1. The van der Waals surface area contributed by atoms with Gasteiger partial charge in [0, 0.05) is 13.0 Å². The molecular weight excluding hydrogens is 168 g/mol. The Hall–Kier alpha value is -0.610. The Balaban J connectivity index is 2.50. The molecule has 1 saturated heterocycles. The largest absolute Gasteiger partial charge is 0.377 e. The molecule has 0 aromatic rings. The molecule has 0 aromatic heterocycles. The fourth-order valence-electron chi connectivity index (χ4n) is 1.62. The average molecular weight is 186 g/mol. The summed E-state index contributed by atoms with van der Waals surface area (Å²) in [6, 6.07) is 0.200. The van der Waals surface area contributed by atoms with Crippen molar-refractivity contribution in [3.8, 4) is 0 Å². The number of carbonyl (C=O) groups is 1. The van der Waals surface area contributed by atoms with E-state index in [1.807, 2.05) is 11.8 Å². The maximum Gasteiger partial charge on any atom is 0.222 e. The molecule has 0 saturated carbocycles. The van der Waals surface area contributed by atoms with Crippen molar-refractivity contribution in [1.82, 2.24) is 4.90 Å². The first-order valence-corrected chi connectivity index (χ1v) is 4.86. The summed E-state index contributed by atoms with van der Waals surface area (Å²) in [7, 11) is 0. The molecule has 1 aliphatic rings. The van der Waals surface area contributed by atoms with Crippen molar-refractivity contribution < 1.29 is 9.53 Å². The summed E-state index contributed by atoms with van der Waals surface area (Å²) in [5.41, 5.74) is 5.47. The molecule has 1 unspecified atom stereocenters. The van der Waals surface area contributed by atoms with Gasteiger partial charge < -0.3 is 15.4 Å². The van der Waals surface area contributed by atoms with E-state index >= 15 is 0 Å². The molecule has 76 valence electrons. The van der Waals surface area contributed by atoms with Crippen LogP contribution in [0.4, 0.5) is 0 Å². The summed E-state index contributed by atoms with van der Waals surface area (Å²) >= 11 is 0. The Kier molecular flexibility index (Phi) is 4.18. The lowest BCUT2D eigenvalue weighted by Crippen LogP contribution is -2.49. The van der Waals surface area contributed by atoms with Gasteiger partial charge in [0.2, 0.25) is 5.91 Å². The fraction of sp³-hybridized carbons (Fsp3) is 0.889. The zero-order chi connectivity index (χ0) is 9.68. The zero-order valence-electron chi connectivity index (χ0n) is 8.16. The van der Waals surface area contributed by atoms with Crippen LogP contribution in [-0.4, -0.2) is 43.2 Å². The Morgan fingerprint density at radius 2 is 2.46 bits per heavy atom. The van der Waals surface area contributed by atoms with Crippen LogP contribution in [0.25, 0.3) is 0 Å². The zero-order valence-corrected chi connectivity index (χ0v) is 8.16. The maximum atomic E-state index is 11.5. The average Bonchev–Trinajstić information content (AvgIpc) is 2.18. The molecule has 13 heavy (non-hydrogen) atoms. The van der Waals surface area contributed by atoms with Crippen LogP contribution in [-0.2, 0) is 9.53 Å². The Labute approximate surface area is 79.0 Å². The second-order valence-corrected chi connectivity index (χ2v) is 3.25. The highest BCUT2D eigenvalue weighted by molar-refractivity contribution is 5.76. The van der Waals surface area contributed by atoms with Crippen LogP contribution in [0.3, 0.4) is 0 Å². The first-order valence-electron chi connectivity index (χ1n) is 4.86. The molecule has 0 aromatic carbocycles. The van der Waals surface area contributed by atoms with E-state index in [1.165, 1.54) is 0 Å². The van der Waals surface area contributed by atoms with Crippen molar-refractivity contribution in [3.05, 3.63) is 0 Å². The standard InChI is InChI=1S/C9H18N2O2/c1-2-9(12)11-5-6-13-7-8(11)3-4-10/h8H,2-7,10H2,1H3. The molecular formula is C9H18N2O2. The van der Waals surface area contributed by atoms with Gasteiger partial charge in [0.25, 0.3) is 0 Å². The molecule has 4 heteroatoms. The predicted octanol–water partition coefficient (Wildman–Crippen LogP) is -0.0274. The highest BCUT2D eigenvalue weighted by Crippen LogP contribution is 2.11. The van der Waals surface area contributed by atoms with Crippen LogP contribution in [0.2, 0.25) is 0 Å². The van der Waals surface area contributed by atoms with Crippen LogP contribution < -0.4 is 5.73 Å². The first kappa shape index (κ1) is 10.5. The van der Waals surface area contributed by atoms with Gasteiger partial charge >= 0.3 is 0 Å². The van der Waals surface area contributed by atoms with Crippen molar-refractivity contribution in [2.45, 2.75) is 25.8 Å². The van der Waals surface area contributed by atoms with Gasteiger partial charge in [-0.25, -0.2) is 0 Å². The minimum Gasteiger partial charge on any atom is -0.377 e. The molecule has 0 spiro atoms. The lowest BCUT2D eigenvalue weighted by molar-refractivity contribution is -0.139. The highest BCUT2D eigenvalue weighted by Gasteiger charge is 2.25. The quantitative estimate of drug-likeness (QED) is 0.673. The number of nitrogens with zero attached hydrogens (tertiary/aromatic N) is 1. The normalized spacial score (nSPS) is 23.2. The molecule has 1 rings (SSSR count). The van der Waals surface area contributed by atoms with Crippen LogP contribution in [0.5, 0.6) is 0 Å². The topological polar surface area (TPSA) is 55.6 Å². The van der Waals surface area contributed by atoms with Crippen molar-refractivity contribution in [2.24, 2.45) is 5.73 Å². The van der Waals surface area contributed by atoms with Crippen LogP contribution in [0.1, 0.15) is 19.8 Å². The van der Waals surface area contributed by atoms with Crippen LogP contribution in [0.15, 0.2) is 0 Å². The minimum atomic E-state index is 0.200. The number of hydrogen-bond donors (Lipinski definition) is 1. The lowest BCUT2D eigenvalue weighted by atomic mass is 10.1. The third kappa shape index (κ3) is 2.67. The number of nitrogens with two attached hydrogens (primary N) is 1. The lowest BCUT2D eigenvalue weighted by Gasteiger charge is -2.35. The van der Waals surface area contributed by atoms with Gasteiger partial charge in [-0.2, -0.15) is 0 Å². The fourth-order valence-corrected chi connectivity index (χ4v) is 1.62. The van der Waals surface area contributed by atoms with Crippen LogP contribution >= 0.6 is 0 Å². The van der Waals surface area contributed by atoms with Gasteiger partial charge in [-0.05, 0) is 13.0 Å². The molecule has 1 amide bonds. The summed E-state index contributed by atoms with van der Waals surface area (Å²) < 4.78 is 5.31. The Morgan fingerprint density at radius 3 is 3.08 bits per heavy atom. The predicted molar refractivity (Wildman–Crippen MR) is 50.3 cm³/mol. The summed E-state index contributed by atoms with van der Waals surface area (Å²) in [6.45, 7) is 4.52. The number of hydrogen-bond acceptors (Lipinski definition) is 3. The van der Waals surface area contributed by atoms with Crippen molar-refractivity contribution in [1.29, 1.82) is 0 Å². The Bertz CT molecular complexity index is 171. The molecule has 1 heterocycles. The molecule has 1 atom stereocenters. The van der Waals surface area contributed by atoms with E-state index in [0.29, 0.717) is 26.2 Å². The van der Waals surface area contributed by atoms with Gasteiger partial charge in [0.05, 0.1) is 19.3 Å². The van der Waals surface area contributed by atoms with E-state index in [-0.39, 0.29) is 11.9 Å². The van der Waals surface area contributed by atoms with Gasteiger partial charge in [-0.15, -0.1) is 0 Å². The summed E-state index contributed by atoms with van der Waals surface area (Å²) in [5, 5.41) is 0. The molecule has 1 aliphatic heterocycles. The molecule has 0 aliphatic carbocycles. The SMILES string of the molecule is CCC(=O)N1CCOCC1CCN. The number of ether oxygens (including phenoxy) is 1. The van der Waals surface area contributed by atoms with Gasteiger partial charge in [-0.1, -0.05) is 6.92 Å². The van der Waals surface area contributed by atoms with E-state index in [2.05, 4.69) is 0 Å². The van der Waals surface area contributed by atoms with Crippen LogP contribution in [0, 0.1) is 0 Å². The smallest absolute Gasteiger partial charge is 0.222 e. The van der Waals surface area contributed by atoms with Gasteiger partial charge in [0.15, 0.2) is 0 Å². The summed E-state index contributed by atoms with van der Waals surface area (Å²) in [4.78, 5) is 13.4. The first-order chi connectivity index (χ1) is 6.29. The van der Waals surface area contributed by atoms with E-state index in [9.17, 15) is 4.79 Å². The monoisotopic (exact) mass is 186 g/mol. The molecule has 0 bridgehead atoms. The Morgan fingerprint density at radius 1 is 1.69 bits per heavy atom. The molecule has 4 nitrogen and oxygen atoms in total. The number of rotatable bonds is 3. The molecule has 0 radical (unpaired) electrons. The van der Waals surface area contributed by atoms with E-state index < -0.39 is 0 Å².